The minimum atomic E-state index is -0.185. The predicted octanol–water partition coefficient (Wildman–Crippen LogP) is 3.65. The Morgan fingerprint density at radius 3 is 2.50 bits per heavy atom. The zero-order valence-electron chi connectivity index (χ0n) is 12.0. The van der Waals surface area contributed by atoms with Crippen molar-refractivity contribution in [3.8, 4) is 0 Å². The lowest BCUT2D eigenvalue weighted by atomic mass is 10.2. The van der Waals surface area contributed by atoms with Gasteiger partial charge in [-0.15, -0.1) is 11.3 Å². The van der Waals surface area contributed by atoms with Gasteiger partial charge in [0.1, 0.15) is 5.82 Å². The molecule has 0 unspecified atom stereocenters. The Balaban J connectivity index is 1.56. The molecule has 0 bridgehead atoms. The van der Waals surface area contributed by atoms with Crippen molar-refractivity contribution in [2.45, 2.75) is 0 Å². The summed E-state index contributed by atoms with van der Waals surface area (Å²) in [6, 6.07) is 10.6. The zero-order chi connectivity index (χ0) is 15.5. The minimum Gasteiger partial charge on any atom is -0.367 e. The number of anilines is 1. The van der Waals surface area contributed by atoms with Gasteiger partial charge in [-0.1, -0.05) is 12.1 Å². The summed E-state index contributed by atoms with van der Waals surface area (Å²) < 4.78 is 14.8. The number of hydrogen-bond acceptors (Lipinski definition) is 4. The lowest BCUT2D eigenvalue weighted by Gasteiger charge is -2.35. The van der Waals surface area contributed by atoms with Gasteiger partial charge in [0.05, 0.1) is 20.9 Å². The van der Waals surface area contributed by atoms with Gasteiger partial charge in [0, 0.05) is 26.2 Å². The number of ketones is 1. The Kier molecular flexibility index (Phi) is 4.90. The lowest BCUT2D eigenvalue weighted by Crippen LogP contribution is -2.48. The highest BCUT2D eigenvalue weighted by Gasteiger charge is 2.21. The minimum absolute atomic E-state index is 0.148. The molecule has 0 amide bonds. The Morgan fingerprint density at radius 2 is 1.86 bits per heavy atom. The number of Topliss-reactive ketones (excluding diaryl/α,β-unsaturated/α-hetero) is 1. The molecule has 0 spiro atoms. The molecule has 116 valence electrons. The van der Waals surface area contributed by atoms with Crippen LogP contribution in [-0.2, 0) is 0 Å². The summed E-state index contributed by atoms with van der Waals surface area (Å²) in [5.74, 6) is -0.0366. The average molecular weight is 383 g/mol. The summed E-state index contributed by atoms with van der Waals surface area (Å²) in [5.41, 5.74) is 0.649. The number of para-hydroxylation sites is 1. The Morgan fingerprint density at radius 1 is 1.14 bits per heavy atom. The van der Waals surface area contributed by atoms with E-state index in [-0.39, 0.29) is 11.6 Å². The van der Waals surface area contributed by atoms with Gasteiger partial charge in [-0.25, -0.2) is 4.39 Å². The van der Waals surface area contributed by atoms with Crippen molar-refractivity contribution in [2.24, 2.45) is 0 Å². The molecule has 0 N–H and O–H groups in total. The fourth-order valence-corrected chi connectivity index (χ4v) is 3.92. The maximum atomic E-state index is 13.8. The Bertz CT molecular complexity index is 668. The third-order valence-corrected chi connectivity index (χ3v) is 5.45. The molecule has 6 heteroatoms. The molecule has 0 saturated carbocycles. The van der Waals surface area contributed by atoms with E-state index < -0.39 is 0 Å². The molecule has 1 aromatic carbocycles. The molecule has 1 saturated heterocycles. The predicted molar refractivity (Wildman–Crippen MR) is 91.4 cm³/mol. The molecule has 22 heavy (non-hydrogen) atoms. The van der Waals surface area contributed by atoms with Crippen LogP contribution in [0.15, 0.2) is 40.2 Å². The van der Waals surface area contributed by atoms with Crippen molar-refractivity contribution in [1.29, 1.82) is 0 Å². The summed E-state index contributed by atoms with van der Waals surface area (Å²) in [6.07, 6.45) is 0. The van der Waals surface area contributed by atoms with Crippen molar-refractivity contribution < 1.29 is 9.18 Å². The van der Waals surface area contributed by atoms with Gasteiger partial charge in [0.2, 0.25) is 0 Å². The summed E-state index contributed by atoms with van der Waals surface area (Å²) in [4.78, 5) is 17.2. The molecule has 2 aromatic rings. The first-order valence-corrected chi connectivity index (χ1v) is 8.75. The van der Waals surface area contributed by atoms with Crippen molar-refractivity contribution in [3.63, 3.8) is 0 Å². The normalized spacial score (nSPS) is 16.0. The monoisotopic (exact) mass is 382 g/mol. The van der Waals surface area contributed by atoms with E-state index in [4.69, 9.17) is 0 Å². The first kappa shape index (κ1) is 15.6. The quantitative estimate of drug-likeness (QED) is 0.753. The molecule has 1 fully saturated rings. The van der Waals surface area contributed by atoms with E-state index in [1.54, 1.807) is 12.1 Å². The molecule has 3 rings (SSSR count). The number of rotatable bonds is 4. The maximum absolute atomic E-state index is 13.8. The van der Waals surface area contributed by atoms with Crippen LogP contribution in [-0.4, -0.2) is 43.4 Å². The van der Waals surface area contributed by atoms with Crippen LogP contribution in [0.25, 0.3) is 0 Å². The second-order valence-electron chi connectivity index (χ2n) is 5.24. The number of nitrogens with zero attached hydrogens (tertiary/aromatic N) is 2. The highest BCUT2D eigenvalue weighted by atomic mass is 79.9. The molecule has 1 aromatic heterocycles. The lowest BCUT2D eigenvalue weighted by molar-refractivity contribution is 0.0930. The van der Waals surface area contributed by atoms with Crippen LogP contribution in [0.1, 0.15) is 9.67 Å². The second kappa shape index (κ2) is 6.89. The number of thiophene rings is 1. The van der Waals surface area contributed by atoms with Gasteiger partial charge in [0.25, 0.3) is 0 Å². The van der Waals surface area contributed by atoms with E-state index in [0.29, 0.717) is 12.2 Å². The molecule has 0 radical (unpaired) electrons. The highest BCUT2D eigenvalue weighted by molar-refractivity contribution is 9.11. The molecule has 1 aliphatic heterocycles. The van der Waals surface area contributed by atoms with Crippen LogP contribution < -0.4 is 4.90 Å². The molecule has 1 aliphatic rings. The summed E-state index contributed by atoms with van der Waals surface area (Å²) in [6.45, 7) is 3.45. The number of carbonyl (C=O) groups excluding carboxylic acids is 1. The van der Waals surface area contributed by atoms with Crippen LogP contribution in [0, 0.1) is 5.82 Å². The fourth-order valence-electron chi connectivity index (χ4n) is 2.60. The maximum Gasteiger partial charge on any atom is 0.186 e. The molecule has 3 nitrogen and oxygen atoms in total. The number of halogens is 2. The average Bonchev–Trinajstić information content (AvgIpc) is 2.95. The number of carbonyl (C=O) groups is 1. The van der Waals surface area contributed by atoms with Gasteiger partial charge in [-0.3, -0.25) is 9.69 Å². The van der Waals surface area contributed by atoms with E-state index >= 15 is 0 Å². The zero-order valence-corrected chi connectivity index (χ0v) is 14.4. The van der Waals surface area contributed by atoms with Crippen LogP contribution in [0.5, 0.6) is 0 Å². The molecule has 2 heterocycles. The summed E-state index contributed by atoms with van der Waals surface area (Å²) in [5, 5.41) is 0. The third kappa shape index (κ3) is 3.56. The summed E-state index contributed by atoms with van der Waals surface area (Å²) >= 11 is 4.84. The van der Waals surface area contributed by atoms with Crippen LogP contribution >= 0.6 is 27.3 Å². The van der Waals surface area contributed by atoms with E-state index in [1.165, 1.54) is 17.4 Å². The third-order valence-electron chi connectivity index (χ3n) is 3.78. The van der Waals surface area contributed by atoms with Crippen molar-refractivity contribution in [3.05, 3.63) is 50.9 Å². The molecular weight excluding hydrogens is 367 g/mol. The fraction of sp³-hybridized carbons (Fsp3) is 0.312. The van der Waals surface area contributed by atoms with Crippen molar-refractivity contribution in [2.75, 3.05) is 37.6 Å². The van der Waals surface area contributed by atoms with Crippen molar-refractivity contribution in [1.82, 2.24) is 4.90 Å². The standard InChI is InChI=1S/C16H16BrFN2OS/c17-16-6-5-15(22-16)14(21)11-19-7-9-20(10-8-19)13-4-2-1-3-12(13)18/h1-6H,7-11H2. The number of piperazine rings is 1. The van der Waals surface area contributed by atoms with Crippen molar-refractivity contribution >= 4 is 38.7 Å². The van der Waals surface area contributed by atoms with Gasteiger partial charge >= 0.3 is 0 Å². The van der Waals surface area contributed by atoms with E-state index in [9.17, 15) is 9.18 Å². The number of hydrogen-bond donors (Lipinski definition) is 0. The number of benzene rings is 1. The van der Waals surface area contributed by atoms with E-state index in [0.717, 1.165) is 34.8 Å². The second-order valence-corrected chi connectivity index (χ2v) is 7.70. The largest absolute Gasteiger partial charge is 0.367 e. The van der Waals surface area contributed by atoms with Crippen LogP contribution in [0.4, 0.5) is 10.1 Å². The van der Waals surface area contributed by atoms with Gasteiger partial charge in [0.15, 0.2) is 5.78 Å². The van der Waals surface area contributed by atoms with Gasteiger partial charge < -0.3 is 4.90 Å². The van der Waals surface area contributed by atoms with Gasteiger partial charge in [-0.2, -0.15) is 0 Å². The molecule has 0 aliphatic carbocycles. The van der Waals surface area contributed by atoms with E-state index in [2.05, 4.69) is 20.8 Å². The Hall–Kier alpha value is -1.24. The van der Waals surface area contributed by atoms with Crippen LogP contribution in [0.2, 0.25) is 0 Å². The summed E-state index contributed by atoms with van der Waals surface area (Å²) in [7, 11) is 0. The van der Waals surface area contributed by atoms with E-state index in [1.807, 2.05) is 23.1 Å². The topological polar surface area (TPSA) is 23.6 Å². The highest BCUT2D eigenvalue weighted by Crippen LogP contribution is 2.23. The smallest absolute Gasteiger partial charge is 0.186 e. The molecular formula is C16H16BrFN2OS. The first-order chi connectivity index (χ1) is 10.6. The molecule has 0 atom stereocenters. The SMILES string of the molecule is O=C(CN1CCN(c2ccccc2F)CC1)c1ccc(Br)s1. The Labute approximate surface area is 141 Å². The van der Waals surface area contributed by atoms with Gasteiger partial charge in [-0.05, 0) is 40.2 Å². The van der Waals surface area contributed by atoms with Crippen LogP contribution in [0.3, 0.4) is 0 Å². The first-order valence-electron chi connectivity index (χ1n) is 7.14.